The van der Waals surface area contributed by atoms with E-state index in [0.29, 0.717) is 19.5 Å². The Bertz CT molecular complexity index is 310. The largest absolute Gasteiger partial charge is 0.355 e. The van der Waals surface area contributed by atoms with Crippen LogP contribution < -0.4 is 21.3 Å². The molecule has 1 aliphatic heterocycles. The zero-order chi connectivity index (χ0) is 12.7. The van der Waals surface area contributed by atoms with E-state index in [0.717, 1.165) is 0 Å². The van der Waals surface area contributed by atoms with Gasteiger partial charge in [0.15, 0.2) is 0 Å². The summed E-state index contributed by atoms with van der Waals surface area (Å²) in [5.74, 6) is -2.63. The van der Waals surface area contributed by atoms with E-state index in [9.17, 15) is 19.2 Å². The molecule has 94 valence electrons. The first kappa shape index (κ1) is 12.9. The van der Waals surface area contributed by atoms with Crippen molar-refractivity contribution in [3.63, 3.8) is 0 Å². The van der Waals surface area contributed by atoms with Crippen molar-refractivity contribution < 1.29 is 19.2 Å². The molecule has 1 heterocycles. The van der Waals surface area contributed by atoms with Crippen molar-refractivity contribution >= 4 is 23.6 Å². The van der Waals surface area contributed by atoms with E-state index in [1.165, 1.54) is 0 Å². The van der Waals surface area contributed by atoms with E-state index in [2.05, 4.69) is 21.3 Å². The summed E-state index contributed by atoms with van der Waals surface area (Å²) in [7, 11) is 0. The zero-order valence-electron chi connectivity index (χ0n) is 9.17. The minimum absolute atomic E-state index is 0.256. The van der Waals surface area contributed by atoms with Crippen LogP contribution in [0.1, 0.15) is 6.42 Å². The lowest BCUT2D eigenvalue weighted by Crippen LogP contribution is -2.46. The number of amides is 4. The highest BCUT2D eigenvalue weighted by Crippen LogP contribution is 1.78. The molecule has 0 atom stereocenters. The molecule has 1 saturated heterocycles. The predicted octanol–water partition coefficient (Wildman–Crippen LogP) is -3.15. The van der Waals surface area contributed by atoms with Crippen molar-refractivity contribution in [1.29, 1.82) is 0 Å². The average molecular weight is 242 g/mol. The van der Waals surface area contributed by atoms with E-state index >= 15 is 0 Å². The van der Waals surface area contributed by atoms with Gasteiger partial charge in [0.25, 0.3) is 0 Å². The summed E-state index contributed by atoms with van der Waals surface area (Å²) in [6.45, 7) is 0.286. The number of nitrogens with one attached hydrogen (secondary N) is 4. The Hall–Kier alpha value is -2.12. The van der Waals surface area contributed by atoms with Gasteiger partial charge in [-0.15, -0.1) is 0 Å². The van der Waals surface area contributed by atoms with Crippen molar-refractivity contribution in [2.45, 2.75) is 6.42 Å². The molecule has 0 radical (unpaired) electrons. The Balaban J connectivity index is 2.53. The van der Waals surface area contributed by atoms with Crippen molar-refractivity contribution in [2.24, 2.45) is 0 Å². The van der Waals surface area contributed by atoms with Crippen LogP contribution in [0.25, 0.3) is 0 Å². The van der Waals surface area contributed by atoms with Gasteiger partial charge >= 0.3 is 11.8 Å². The minimum Gasteiger partial charge on any atom is -0.355 e. The van der Waals surface area contributed by atoms with Crippen LogP contribution in [0.2, 0.25) is 0 Å². The van der Waals surface area contributed by atoms with Gasteiger partial charge in [-0.1, -0.05) is 0 Å². The third-order valence-electron chi connectivity index (χ3n) is 2.02. The Kier molecular flexibility index (Phi) is 4.92. The molecule has 1 fully saturated rings. The van der Waals surface area contributed by atoms with E-state index in [1.54, 1.807) is 0 Å². The zero-order valence-corrected chi connectivity index (χ0v) is 9.17. The lowest BCUT2D eigenvalue weighted by molar-refractivity contribution is -0.140. The molecule has 0 spiro atoms. The molecule has 4 amide bonds. The fraction of sp³-hybridized carbons (Fsp3) is 0.556. The maximum absolute atomic E-state index is 11.2. The minimum atomic E-state index is -0.938. The van der Waals surface area contributed by atoms with E-state index < -0.39 is 11.8 Å². The first-order valence-electron chi connectivity index (χ1n) is 5.19. The predicted molar refractivity (Wildman–Crippen MR) is 56.7 cm³/mol. The van der Waals surface area contributed by atoms with E-state index in [4.69, 9.17) is 0 Å². The molecular weight excluding hydrogens is 228 g/mol. The van der Waals surface area contributed by atoms with Crippen LogP contribution in [0.5, 0.6) is 0 Å². The number of hydrogen-bond donors (Lipinski definition) is 4. The smallest absolute Gasteiger partial charge is 0.309 e. The lowest BCUT2D eigenvalue weighted by atomic mass is 10.4. The Morgan fingerprint density at radius 2 is 1.06 bits per heavy atom. The molecule has 0 aliphatic carbocycles. The van der Waals surface area contributed by atoms with Crippen LogP contribution in [0.4, 0.5) is 0 Å². The van der Waals surface area contributed by atoms with Gasteiger partial charge in [-0.25, -0.2) is 0 Å². The van der Waals surface area contributed by atoms with E-state index in [-0.39, 0.29) is 24.9 Å². The summed E-state index contributed by atoms with van der Waals surface area (Å²) < 4.78 is 0. The Morgan fingerprint density at radius 3 is 1.47 bits per heavy atom. The number of rotatable bonds is 0. The Morgan fingerprint density at radius 1 is 0.647 bits per heavy atom. The molecule has 0 bridgehead atoms. The van der Waals surface area contributed by atoms with Crippen molar-refractivity contribution in [2.75, 3.05) is 26.2 Å². The van der Waals surface area contributed by atoms with Gasteiger partial charge in [-0.05, 0) is 6.42 Å². The van der Waals surface area contributed by atoms with Crippen LogP contribution in [0.3, 0.4) is 0 Å². The highest BCUT2D eigenvalue weighted by atomic mass is 16.2. The fourth-order valence-corrected chi connectivity index (χ4v) is 1.15. The lowest BCUT2D eigenvalue weighted by Gasteiger charge is -2.05. The summed E-state index contributed by atoms with van der Waals surface area (Å²) >= 11 is 0. The molecule has 0 aromatic carbocycles. The molecule has 1 rings (SSSR count). The molecule has 4 N–H and O–H groups in total. The van der Waals surface area contributed by atoms with Crippen molar-refractivity contribution in [3.05, 3.63) is 0 Å². The summed E-state index contributed by atoms with van der Waals surface area (Å²) in [5, 5.41) is 9.35. The maximum atomic E-state index is 11.2. The highest BCUT2D eigenvalue weighted by Gasteiger charge is 2.15. The fourth-order valence-electron chi connectivity index (χ4n) is 1.15. The third-order valence-corrected chi connectivity index (χ3v) is 2.02. The first-order chi connectivity index (χ1) is 8.09. The summed E-state index contributed by atoms with van der Waals surface area (Å²) in [5.41, 5.74) is 0. The molecule has 0 unspecified atom stereocenters. The van der Waals surface area contributed by atoms with Crippen molar-refractivity contribution in [3.8, 4) is 0 Å². The van der Waals surface area contributed by atoms with Crippen LogP contribution in [-0.4, -0.2) is 49.8 Å². The van der Waals surface area contributed by atoms with Gasteiger partial charge in [0.2, 0.25) is 11.8 Å². The van der Waals surface area contributed by atoms with Gasteiger partial charge in [0.05, 0.1) is 13.1 Å². The van der Waals surface area contributed by atoms with Crippen LogP contribution >= 0.6 is 0 Å². The van der Waals surface area contributed by atoms with Crippen LogP contribution in [0.15, 0.2) is 0 Å². The summed E-state index contributed by atoms with van der Waals surface area (Å²) in [4.78, 5) is 44.6. The molecule has 8 heteroatoms. The number of carbonyl (C=O) groups is 4. The van der Waals surface area contributed by atoms with Gasteiger partial charge < -0.3 is 21.3 Å². The monoisotopic (exact) mass is 242 g/mol. The summed E-state index contributed by atoms with van der Waals surface area (Å²) in [6.07, 6.45) is 0.583. The molecule has 1 aliphatic rings. The second-order valence-corrected chi connectivity index (χ2v) is 3.42. The quantitative estimate of drug-likeness (QED) is 0.336. The normalized spacial score (nSPS) is 19.8. The van der Waals surface area contributed by atoms with E-state index in [1.807, 2.05) is 0 Å². The standard InChI is InChI=1S/C9H14N4O4/c14-6-4-12-8(16)9(17)13-5-7(15)11-3-1-2-10-6/h1-5H2,(H,10,14)(H,11,15)(H,12,16)(H,13,17). The van der Waals surface area contributed by atoms with Gasteiger partial charge in [0.1, 0.15) is 0 Å². The number of hydrogen-bond acceptors (Lipinski definition) is 4. The number of carbonyl (C=O) groups excluding carboxylic acids is 4. The van der Waals surface area contributed by atoms with Gasteiger partial charge in [-0.3, -0.25) is 19.2 Å². The average Bonchev–Trinajstić information content (AvgIpc) is 2.32. The van der Waals surface area contributed by atoms with Crippen LogP contribution in [0, 0.1) is 0 Å². The molecular formula is C9H14N4O4. The molecule has 8 nitrogen and oxygen atoms in total. The first-order valence-corrected chi connectivity index (χ1v) is 5.19. The third kappa shape index (κ3) is 4.96. The SMILES string of the molecule is O=C1CNC(=O)C(=O)NCC(=O)NCCCN1. The summed E-state index contributed by atoms with van der Waals surface area (Å²) in [6, 6.07) is 0. The molecule has 0 saturated carbocycles. The topological polar surface area (TPSA) is 116 Å². The molecule has 17 heavy (non-hydrogen) atoms. The van der Waals surface area contributed by atoms with Gasteiger partial charge in [-0.2, -0.15) is 0 Å². The Labute approximate surface area is 97.5 Å². The maximum Gasteiger partial charge on any atom is 0.309 e. The second kappa shape index (κ2) is 6.46. The second-order valence-electron chi connectivity index (χ2n) is 3.42. The highest BCUT2D eigenvalue weighted by molar-refractivity contribution is 6.35. The molecule has 0 aromatic heterocycles. The van der Waals surface area contributed by atoms with Gasteiger partial charge in [0, 0.05) is 13.1 Å². The molecule has 0 aromatic rings. The van der Waals surface area contributed by atoms with Crippen molar-refractivity contribution in [1.82, 2.24) is 21.3 Å². The van der Waals surface area contributed by atoms with Crippen LogP contribution in [-0.2, 0) is 19.2 Å².